The second-order valence-electron chi connectivity index (χ2n) is 3.46. The number of H-pyrrole nitrogens is 1. The molecule has 0 spiro atoms. The lowest BCUT2D eigenvalue weighted by Crippen LogP contribution is -2.11. The van der Waals surface area contributed by atoms with Crippen LogP contribution in [-0.4, -0.2) is 17.8 Å². The molecule has 0 atom stereocenters. The highest BCUT2D eigenvalue weighted by atomic mass is 16.1. The summed E-state index contributed by atoms with van der Waals surface area (Å²) in [5.74, 6) is 0. The quantitative estimate of drug-likeness (QED) is 0.735. The Hall–Kier alpha value is -1.58. The Bertz CT molecular complexity index is 548. The number of pyridine rings is 2. The fraction of sp³-hybridized carbons (Fsp3) is 0.273. The smallest absolute Gasteiger partial charge is 0.251 e. The highest BCUT2D eigenvalue weighted by molar-refractivity contribution is 6.08. The molecule has 2 heterocycles. The number of rotatable bonds is 2. The van der Waals surface area contributed by atoms with Crippen LogP contribution in [0.5, 0.6) is 0 Å². The number of nitrogens with one attached hydrogen (secondary N) is 1. The summed E-state index contributed by atoms with van der Waals surface area (Å²) in [5.41, 5.74) is 3.20. The van der Waals surface area contributed by atoms with Crippen LogP contribution in [0.3, 0.4) is 0 Å². The van der Waals surface area contributed by atoms with Crippen LogP contribution in [0, 0.1) is 0 Å². The molecule has 74 valence electrons. The maximum absolute atomic E-state index is 11.5. The molecule has 2 radical (unpaired) electrons. The molecule has 0 amide bonds. The first kappa shape index (κ1) is 9.96. The summed E-state index contributed by atoms with van der Waals surface area (Å²) in [7, 11) is 5.50. The van der Waals surface area contributed by atoms with E-state index >= 15 is 0 Å². The molecule has 0 saturated carbocycles. The van der Waals surface area contributed by atoms with Crippen LogP contribution in [0.1, 0.15) is 18.1 Å². The average molecular weight is 198 g/mol. The van der Waals surface area contributed by atoms with Crippen molar-refractivity contribution in [2.45, 2.75) is 19.7 Å². The molecular weight excluding hydrogens is 187 g/mol. The molecule has 0 aliphatic carbocycles. The molecule has 2 aromatic heterocycles. The molecule has 1 N–H and O–H groups in total. The van der Waals surface area contributed by atoms with E-state index in [0.29, 0.717) is 12.7 Å². The maximum Gasteiger partial charge on any atom is 0.251 e. The Morgan fingerprint density at radius 2 is 2.27 bits per heavy atom. The van der Waals surface area contributed by atoms with Gasteiger partial charge in [-0.3, -0.25) is 9.78 Å². The monoisotopic (exact) mass is 198 g/mol. The van der Waals surface area contributed by atoms with Gasteiger partial charge in [0.25, 0.3) is 5.56 Å². The number of hydrogen-bond donors (Lipinski definition) is 1. The van der Waals surface area contributed by atoms with E-state index < -0.39 is 0 Å². The van der Waals surface area contributed by atoms with Gasteiger partial charge in [0.15, 0.2) is 0 Å². The molecule has 2 rings (SSSR count). The fourth-order valence-corrected chi connectivity index (χ4v) is 1.54. The maximum atomic E-state index is 11.5. The molecule has 0 saturated heterocycles. The fourth-order valence-electron chi connectivity index (χ4n) is 1.54. The van der Waals surface area contributed by atoms with E-state index in [4.69, 9.17) is 7.85 Å². The van der Waals surface area contributed by atoms with Crippen LogP contribution >= 0.6 is 0 Å². The molecule has 15 heavy (non-hydrogen) atoms. The second-order valence-corrected chi connectivity index (χ2v) is 3.46. The predicted molar refractivity (Wildman–Crippen MR) is 61.2 cm³/mol. The molecule has 2 aromatic rings. The second kappa shape index (κ2) is 3.89. The van der Waals surface area contributed by atoms with Crippen molar-refractivity contribution >= 4 is 18.9 Å². The van der Waals surface area contributed by atoms with Gasteiger partial charge in [-0.1, -0.05) is 13.2 Å². The van der Waals surface area contributed by atoms with E-state index in [2.05, 4.69) is 9.97 Å². The van der Waals surface area contributed by atoms with Gasteiger partial charge in [-0.25, -0.2) is 0 Å². The van der Waals surface area contributed by atoms with Crippen molar-refractivity contribution in [2.24, 2.45) is 0 Å². The van der Waals surface area contributed by atoms with Gasteiger partial charge in [0.1, 0.15) is 0 Å². The first-order valence-electron chi connectivity index (χ1n) is 4.95. The molecular formula is C11H11BN2O. The predicted octanol–water partition coefficient (Wildman–Crippen LogP) is 1.15. The van der Waals surface area contributed by atoms with Gasteiger partial charge in [0, 0.05) is 11.8 Å². The van der Waals surface area contributed by atoms with Crippen LogP contribution in [-0.2, 0) is 12.7 Å². The molecule has 0 aliphatic rings. The summed E-state index contributed by atoms with van der Waals surface area (Å²) in [5, 5.41) is 0. The molecule has 0 aliphatic heterocycles. The van der Waals surface area contributed by atoms with Gasteiger partial charge in [0.2, 0.25) is 0 Å². The van der Waals surface area contributed by atoms with Crippen molar-refractivity contribution in [2.75, 3.05) is 0 Å². The molecule has 3 nitrogen and oxygen atoms in total. The van der Waals surface area contributed by atoms with Crippen molar-refractivity contribution in [3.05, 3.63) is 39.8 Å². The lowest BCUT2D eigenvalue weighted by molar-refractivity contribution is 1.07. The summed E-state index contributed by atoms with van der Waals surface area (Å²) >= 11 is 0. The largest absolute Gasteiger partial charge is 0.320 e. The highest BCUT2D eigenvalue weighted by Crippen LogP contribution is 2.10. The molecule has 0 unspecified atom stereocenters. The van der Waals surface area contributed by atoms with E-state index in [1.165, 1.54) is 0 Å². The third kappa shape index (κ3) is 1.80. The van der Waals surface area contributed by atoms with E-state index in [1.807, 2.05) is 19.1 Å². The van der Waals surface area contributed by atoms with Gasteiger partial charge in [-0.05, 0) is 24.1 Å². The summed E-state index contributed by atoms with van der Waals surface area (Å²) in [6, 6.07) is 3.69. The van der Waals surface area contributed by atoms with E-state index in [9.17, 15) is 4.79 Å². The van der Waals surface area contributed by atoms with Crippen LogP contribution < -0.4 is 5.56 Å². The Balaban J connectivity index is 2.70. The lowest BCUT2D eigenvalue weighted by Gasteiger charge is -2.02. The third-order valence-electron chi connectivity index (χ3n) is 2.44. The SMILES string of the molecule is [B]Cc1cnc2cc(CC)c(=O)[nH]c2c1. The first-order chi connectivity index (χ1) is 7.24. The van der Waals surface area contributed by atoms with E-state index in [1.54, 1.807) is 6.20 Å². The zero-order valence-corrected chi connectivity index (χ0v) is 8.58. The molecule has 0 fully saturated rings. The number of aromatic amines is 1. The third-order valence-corrected chi connectivity index (χ3v) is 2.44. The van der Waals surface area contributed by atoms with Gasteiger partial charge >= 0.3 is 0 Å². The summed E-state index contributed by atoms with van der Waals surface area (Å²) in [4.78, 5) is 18.6. The molecule has 0 bridgehead atoms. The Morgan fingerprint density at radius 3 is 2.93 bits per heavy atom. The van der Waals surface area contributed by atoms with Gasteiger partial charge in [0.05, 0.1) is 18.9 Å². The summed E-state index contributed by atoms with van der Waals surface area (Å²) in [6.07, 6.45) is 2.88. The topological polar surface area (TPSA) is 45.8 Å². The van der Waals surface area contributed by atoms with Crippen LogP contribution in [0.15, 0.2) is 23.1 Å². The minimum atomic E-state index is -0.0408. The summed E-state index contributed by atoms with van der Waals surface area (Å²) in [6.45, 7) is 1.95. The van der Waals surface area contributed by atoms with Crippen molar-refractivity contribution in [3.63, 3.8) is 0 Å². The number of fused-ring (bicyclic) bond motifs is 1. The Kier molecular flexibility index (Phi) is 2.58. The molecule has 0 aromatic carbocycles. The minimum absolute atomic E-state index is 0.0408. The van der Waals surface area contributed by atoms with E-state index in [-0.39, 0.29) is 5.56 Å². The standard InChI is InChI=1S/C11H11BN2O/c1-2-8-4-9-10(14-11(8)15)3-7(5-12)6-13-9/h3-4,6H,2,5H2,1H3,(H,14,15). The lowest BCUT2D eigenvalue weighted by atomic mass is 9.98. The average Bonchev–Trinajstić information content (AvgIpc) is 2.27. The van der Waals surface area contributed by atoms with Gasteiger partial charge in [-0.15, -0.1) is 0 Å². The van der Waals surface area contributed by atoms with Crippen molar-refractivity contribution < 1.29 is 0 Å². The van der Waals surface area contributed by atoms with Crippen molar-refractivity contribution in [3.8, 4) is 0 Å². The van der Waals surface area contributed by atoms with Crippen molar-refractivity contribution in [1.82, 2.24) is 9.97 Å². The Labute approximate surface area is 89.0 Å². The first-order valence-corrected chi connectivity index (χ1v) is 4.95. The number of aromatic nitrogens is 2. The van der Waals surface area contributed by atoms with Crippen LogP contribution in [0.25, 0.3) is 11.0 Å². The normalized spacial score (nSPS) is 10.7. The zero-order chi connectivity index (χ0) is 10.8. The number of aryl methyl sites for hydroxylation is 1. The molecule has 4 heteroatoms. The Morgan fingerprint density at radius 1 is 1.47 bits per heavy atom. The number of nitrogens with zero attached hydrogens (tertiary/aromatic N) is 1. The van der Waals surface area contributed by atoms with Gasteiger partial charge in [-0.2, -0.15) is 0 Å². The highest BCUT2D eigenvalue weighted by Gasteiger charge is 2.02. The number of hydrogen-bond acceptors (Lipinski definition) is 2. The van der Waals surface area contributed by atoms with Crippen LogP contribution in [0.4, 0.5) is 0 Å². The van der Waals surface area contributed by atoms with E-state index in [0.717, 1.165) is 22.2 Å². The zero-order valence-electron chi connectivity index (χ0n) is 8.58. The summed E-state index contributed by atoms with van der Waals surface area (Å²) < 4.78 is 0. The van der Waals surface area contributed by atoms with Crippen molar-refractivity contribution in [1.29, 1.82) is 0 Å². The van der Waals surface area contributed by atoms with Crippen LogP contribution in [0.2, 0.25) is 0 Å². The van der Waals surface area contributed by atoms with Gasteiger partial charge < -0.3 is 4.98 Å². The minimum Gasteiger partial charge on any atom is -0.320 e.